The molecule has 12 heavy (non-hydrogen) atoms. The predicted octanol–water partition coefficient (Wildman–Crippen LogP) is -9.16. The van der Waals surface area contributed by atoms with E-state index in [4.69, 9.17) is 0 Å². The second-order valence-corrected chi connectivity index (χ2v) is 1.58. The van der Waals surface area contributed by atoms with E-state index in [2.05, 4.69) is 0 Å². The first-order chi connectivity index (χ1) is 4.54. The van der Waals surface area contributed by atoms with Crippen molar-refractivity contribution in [2.24, 2.45) is 0 Å². The summed E-state index contributed by atoms with van der Waals surface area (Å²) < 4.78 is 0. The summed E-state index contributed by atoms with van der Waals surface area (Å²) in [5, 5.41) is 19.3. The molecule has 0 radical (unpaired) electrons. The molecule has 7 heteroatoms. The van der Waals surface area contributed by atoms with Crippen LogP contribution in [0.1, 0.15) is 12.8 Å². The summed E-state index contributed by atoms with van der Waals surface area (Å²) >= 11 is 0. The van der Waals surface area contributed by atoms with Gasteiger partial charge in [-0.05, 0) is 6.42 Å². The van der Waals surface area contributed by atoms with Gasteiger partial charge in [0, 0.05) is 12.4 Å². The maximum Gasteiger partial charge on any atom is 1.00 e. The number of ketones is 1. The summed E-state index contributed by atoms with van der Waals surface area (Å²) in [5.74, 6) is -4.53. The number of aliphatic carboxylic acids is 2. The van der Waals surface area contributed by atoms with Crippen molar-refractivity contribution in [2.45, 2.75) is 12.8 Å². The number of carbonyl (C=O) groups is 3. The standard InChI is InChI=1S/C5H6O5.2Na/c6-3(5(9)10)1-2-4(7)8;;/h1-2H2,(H,7,8)(H,9,10);;/q;2*+1/p-2/i5+2;;. The van der Waals surface area contributed by atoms with E-state index in [0.717, 1.165) is 0 Å². The van der Waals surface area contributed by atoms with Crippen molar-refractivity contribution in [2.75, 3.05) is 0 Å². The Labute approximate surface area is 113 Å². The van der Waals surface area contributed by atoms with Gasteiger partial charge in [0.05, 0.1) is 0 Å². The van der Waals surface area contributed by atoms with Crippen molar-refractivity contribution in [3.05, 3.63) is 0 Å². The Balaban J connectivity index is -0.000000405. The van der Waals surface area contributed by atoms with Crippen molar-refractivity contribution in [1.82, 2.24) is 0 Å². The second kappa shape index (κ2) is 9.70. The SMILES string of the molecule is O=C([O-])CCC(=O)[14C](=O)[O-].[Na+].[Na+]. The van der Waals surface area contributed by atoms with Crippen molar-refractivity contribution in [3.63, 3.8) is 0 Å². The van der Waals surface area contributed by atoms with E-state index in [1.807, 2.05) is 0 Å². The van der Waals surface area contributed by atoms with Gasteiger partial charge < -0.3 is 19.8 Å². The number of hydrogen-bond donors (Lipinski definition) is 0. The molecular weight excluding hydrogens is 188 g/mol. The van der Waals surface area contributed by atoms with E-state index in [1.54, 1.807) is 0 Å². The van der Waals surface area contributed by atoms with Gasteiger partial charge >= 0.3 is 59.1 Å². The van der Waals surface area contributed by atoms with Crippen molar-refractivity contribution in [1.29, 1.82) is 0 Å². The summed E-state index contributed by atoms with van der Waals surface area (Å²) in [4.78, 5) is 29.4. The Hall–Kier alpha value is 0.610. The zero-order valence-corrected chi connectivity index (χ0v) is 11.0. The van der Waals surface area contributed by atoms with Crippen LogP contribution in [-0.2, 0) is 14.4 Å². The molecule has 0 rings (SSSR count). The van der Waals surface area contributed by atoms with E-state index in [1.165, 1.54) is 0 Å². The number of rotatable bonds is 4. The molecule has 56 valence electrons. The van der Waals surface area contributed by atoms with Crippen LogP contribution in [0.2, 0.25) is 0 Å². The van der Waals surface area contributed by atoms with Gasteiger partial charge in [-0.25, -0.2) is 0 Å². The molecule has 0 unspecified atom stereocenters. The van der Waals surface area contributed by atoms with Crippen LogP contribution in [0.25, 0.3) is 0 Å². The van der Waals surface area contributed by atoms with Crippen LogP contribution in [-0.4, -0.2) is 17.7 Å². The van der Waals surface area contributed by atoms with Crippen LogP contribution in [0, 0.1) is 0 Å². The molecule has 0 saturated heterocycles. The minimum absolute atomic E-state index is 0. The number of Topliss-reactive ketones (excluding diaryl/α,β-unsaturated/α-hetero) is 1. The van der Waals surface area contributed by atoms with Crippen molar-refractivity contribution >= 4 is 17.7 Å². The van der Waals surface area contributed by atoms with Crippen molar-refractivity contribution < 1.29 is 83.7 Å². The molecule has 0 aromatic rings. The molecular formula is C5H4Na2O5. The summed E-state index contributed by atoms with van der Waals surface area (Å²) in [5.41, 5.74) is 0. The quantitative estimate of drug-likeness (QED) is 0.325. The van der Waals surface area contributed by atoms with E-state index < -0.39 is 30.6 Å². The molecule has 0 aliphatic rings. The van der Waals surface area contributed by atoms with E-state index in [0.29, 0.717) is 0 Å². The fourth-order valence-electron chi connectivity index (χ4n) is 0.318. The topological polar surface area (TPSA) is 97.3 Å². The zero-order chi connectivity index (χ0) is 8.15. The minimum Gasteiger partial charge on any atom is -0.550 e. The zero-order valence-electron chi connectivity index (χ0n) is 6.96. The van der Waals surface area contributed by atoms with Crippen LogP contribution in [0.15, 0.2) is 0 Å². The number of carboxylic acids is 2. The number of carboxylic acid groups (broad SMARTS) is 2. The van der Waals surface area contributed by atoms with Gasteiger partial charge in [0.25, 0.3) is 0 Å². The van der Waals surface area contributed by atoms with Crippen LogP contribution in [0.3, 0.4) is 0 Å². The summed E-state index contributed by atoms with van der Waals surface area (Å²) in [6.45, 7) is 0. The van der Waals surface area contributed by atoms with Crippen molar-refractivity contribution in [3.8, 4) is 0 Å². The molecule has 0 amide bonds. The third kappa shape index (κ3) is 10.6. The molecule has 5 nitrogen and oxygen atoms in total. The Morgan fingerprint density at radius 2 is 1.58 bits per heavy atom. The predicted molar refractivity (Wildman–Crippen MR) is 24.3 cm³/mol. The molecule has 0 aliphatic heterocycles. The Morgan fingerprint density at radius 1 is 1.17 bits per heavy atom. The van der Waals surface area contributed by atoms with Crippen LogP contribution < -0.4 is 69.3 Å². The molecule has 0 aromatic heterocycles. The van der Waals surface area contributed by atoms with E-state index >= 15 is 0 Å². The van der Waals surface area contributed by atoms with Gasteiger partial charge in [0.2, 0.25) is 0 Å². The van der Waals surface area contributed by atoms with Gasteiger partial charge in [0.15, 0.2) is 5.78 Å². The fraction of sp³-hybridized carbons (Fsp3) is 0.400. The van der Waals surface area contributed by atoms with Gasteiger partial charge in [-0.3, -0.25) is 4.79 Å². The number of hydrogen-bond acceptors (Lipinski definition) is 5. The first-order valence-electron chi connectivity index (χ1n) is 2.48. The second-order valence-electron chi connectivity index (χ2n) is 1.58. The van der Waals surface area contributed by atoms with Gasteiger partial charge in [-0.15, -0.1) is 0 Å². The molecule has 0 aromatic carbocycles. The molecule has 0 heterocycles. The maximum absolute atomic E-state index is 10.1. The fourth-order valence-corrected chi connectivity index (χ4v) is 0.318. The molecule has 0 spiro atoms. The summed E-state index contributed by atoms with van der Waals surface area (Å²) in [6, 6.07) is 0. The third-order valence-corrected chi connectivity index (χ3v) is 0.784. The molecule has 0 saturated carbocycles. The molecule has 0 atom stereocenters. The Morgan fingerprint density at radius 3 is 1.83 bits per heavy atom. The third-order valence-electron chi connectivity index (χ3n) is 0.784. The summed E-state index contributed by atoms with van der Waals surface area (Å²) in [6.07, 6.45) is -1.14. The van der Waals surface area contributed by atoms with Crippen LogP contribution in [0.5, 0.6) is 0 Å². The molecule has 0 bridgehead atoms. The largest absolute Gasteiger partial charge is 1.00 e. The van der Waals surface area contributed by atoms with E-state index in [9.17, 15) is 24.6 Å². The first-order valence-corrected chi connectivity index (χ1v) is 2.48. The van der Waals surface area contributed by atoms with Crippen LogP contribution in [0.4, 0.5) is 0 Å². The summed E-state index contributed by atoms with van der Waals surface area (Å²) in [7, 11) is 0. The number of carbonyl (C=O) groups excluding carboxylic acids is 3. The van der Waals surface area contributed by atoms with Gasteiger partial charge in [0.1, 0.15) is 5.97 Å². The van der Waals surface area contributed by atoms with Crippen LogP contribution >= 0.6 is 0 Å². The Kier molecular flexibility index (Phi) is 14.9. The Bertz CT molecular complexity index is 179. The van der Waals surface area contributed by atoms with E-state index in [-0.39, 0.29) is 59.1 Å². The van der Waals surface area contributed by atoms with Gasteiger partial charge in [-0.1, -0.05) is 0 Å². The molecule has 0 fully saturated rings. The first kappa shape index (κ1) is 18.4. The monoisotopic (exact) mass is 192 g/mol. The maximum atomic E-state index is 10.1. The molecule has 0 N–H and O–H groups in total. The smallest absolute Gasteiger partial charge is 0.550 e. The minimum atomic E-state index is -1.86. The average molecular weight is 192 g/mol. The molecule has 0 aliphatic carbocycles. The van der Waals surface area contributed by atoms with Gasteiger partial charge in [-0.2, -0.15) is 0 Å². The average Bonchev–Trinajstić information content (AvgIpc) is 1.82. The normalized spacial score (nSPS) is 7.33.